The molecule has 1 saturated carbocycles. The highest BCUT2D eigenvalue weighted by molar-refractivity contribution is 5.96. The van der Waals surface area contributed by atoms with E-state index in [1.54, 1.807) is 17.9 Å². The molecular formula is C22H31N3O5. The Balaban J connectivity index is 1.44. The van der Waals surface area contributed by atoms with Gasteiger partial charge in [0.1, 0.15) is 11.9 Å². The van der Waals surface area contributed by atoms with Crippen molar-refractivity contribution in [3.63, 3.8) is 0 Å². The number of nitrogens with one attached hydrogen (secondary N) is 1. The number of anilines is 1. The third-order valence-electron chi connectivity index (χ3n) is 6.54. The highest BCUT2D eigenvalue weighted by Crippen LogP contribution is 2.44. The van der Waals surface area contributed by atoms with Crippen molar-refractivity contribution in [2.24, 2.45) is 17.8 Å². The Labute approximate surface area is 176 Å². The maximum atomic E-state index is 13.3. The molecule has 0 unspecified atom stereocenters. The normalized spacial score (nSPS) is 30.3. The van der Waals surface area contributed by atoms with Crippen molar-refractivity contribution in [3.8, 4) is 5.75 Å². The molecule has 2 heterocycles. The summed E-state index contributed by atoms with van der Waals surface area (Å²) in [5, 5.41) is 12.9. The van der Waals surface area contributed by atoms with E-state index in [1.807, 2.05) is 0 Å². The number of ether oxygens (including phenoxy) is 2. The van der Waals surface area contributed by atoms with Crippen molar-refractivity contribution < 1.29 is 24.2 Å². The zero-order valence-corrected chi connectivity index (χ0v) is 17.8. The van der Waals surface area contributed by atoms with E-state index in [4.69, 9.17) is 15.2 Å². The Bertz CT molecular complexity index is 819. The lowest BCUT2D eigenvalue weighted by Crippen LogP contribution is -2.58. The zero-order valence-electron chi connectivity index (χ0n) is 17.8. The van der Waals surface area contributed by atoms with Crippen molar-refractivity contribution in [1.29, 1.82) is 0 Å². The van der Waals surface area contributed by atoms with Crippen LogP contribution in [-0.2, 0) is 14.3 Å². The fourth-order valence-corrected chi connectivity index (χ4v) is 4.63. The van der Waals surface area contributed by atoms with Gasteiger partial charge < -0.3 is 30.5 Å². The second-order valence-electron chi connectivity index (χ2n) is 9.09. The second-order valence-corrected chi connectivity index (χ2v) is 9.09. The van der Waals surface area contributed by atoms with Crippen LogP contribution in [0, 0.1) is 24.7 Å². The molecule has 2 aliphatic heterocycles. The number of benzene rings is 1. The molecule has 3 aliphatic rings. The minimum atomic E-state index is -0.298. The summed E-state index contributed by atoms with van der Waals surface area (Å²) in [5.74, 6) is 0.963. The van der Waals surface area contributed by atoms with Crippen LogP contribution in [0.1, 0.15) is 36.2 Å². The molecule has 1 aliphatic carbocycles. The van der Waals surface area contributed by atoms with Gasteiger partial charge in [-0.2, -0.15) is 0 Å². The maximum Gasteiger partial charge on any atom is 0.254 e. The summed E-state index contributed by atoms with van der Waals surface area (Å²) in [6, 6.07) is 2.97. The van der Waals surface area contributed by atoms with E-state index < -0.39 is 0 Å². The molecule has 0 aromatic heterocycles. The van der Waals surface area contributed by atoms with E-state index in [1.165, 1.54) is 6.07 Å². The SMILES string of the molecule is Cc1cc(C(=O)N2C[C@@H](CNC(=O)[C@@H]3C[C@H]3C(C)C)O[C@H]3COC[C@@H]32)cc(N)c1O. The monoisotopic (exact) mass is 417 g/mol. The number of rotatable bonds is 5. The van der Waals surface area contributed by atoms with Crippen molar-refractivity contribution >= 4 is 17.5 Å². The molecule has 164 valence electrons. The molecule has 2 saturated heterocycles. The molecule has 0 bridgehead atoms. The molecule has 4 N–H and O–H groups in total. The molecule has 2 amide bonds. The maximum absolute atomic E-state index is 13.3. The van der Waals surface area contributed by atoms with Gasteiger partial charge in [0.2, 0.25) is 5.91 Å². The van der Waals surface area contributed by atoms with Gasteiger partial charge in [-0.25, -0.2) is 0 Å². The number of nitrogen functional groups attached to an aromatic ring is 1. The molecule has 3 fully saturated rings. The van der Waals surface area contributed by atoms with Crippen LogP contribution in [0.15, 0.2) is 12.1 Å². The smallest absolute Gasteiger partial charge is 0.254 e. The molecule has 1 aromatic rings. The topological polar surface area (TPSA) is 114 Å². The van der Waals surface area contributed by atoms with Crippen molar-refractivity contribution in [3.05, 3.63) is 23.3 Å². The van der Waals surface area contributed by atoms with Crippen LogP contribution in [0.4, 0.5) is 5.69 Å². The van der Waals surface area contributed by atoms with Crippen LogP contribution in [0.2, 0.25) is 0 Å². The molecule has 1 aromatic carbocycles. The van der Waals surface area contributed by atoms with Gasteiger partial charge in [-0.15, -0.1) is 0 Å². The van der Waals surface area contributed by atoms with Gasteiger partial charge in [-0.1, -0.05) is 13.8 Å². The third-order valence-corrected chi connectivity index (χ3v) is 6.54. The number of amides is 2. The average molecular weight is 418 g/mol. The lowest BCUT2D eigenvalue weighted by atomic mass is 10.0. The molecule has 5 atom stereocenters. The third kappa shape index (κ3) is 3.98. The van der Waals surface area contributed by atoms with E-state index in [-0.39, 0.29) is 47.4 Å². The number of aryl methyl sites for hydroxylation is 1. The van der Waals surface area contributed by atoms with Gasteiger partial charge in [0, 0.05) is 24.6 Å². The Morgan fingerprint density at radius 1 is 1.33 bits per heavy atom. The Kier molecular flexibility index (Phi) is 5.63. The fourth-order valence-electron chi connectivity index (χ4n) is 4.63. The quantitative estimate of drug-likeness (QED) is 0.492. The summed E-state index contributed by atoms with van der Waals surface area (Å²) >= 11 is 0. The first kappa shape index (κ1) is 20.9. The number of hydrogen-bond donors (Lipinski definition) is 3. The standard InChI is InChI=1S/C22H31N3O5/c1-11(2)15-6-16(15)21(27)24-7-14-8-25(18-9-29-10-19(18)30-14)22(28)13-4-12(3)20(26)17(23)5-13/h4-5,11,14-16,18-19,26H,6-10,23H2,1-3H3,(H,24,27)/t14-,15+,16-,18+,19+/m1/s1. The summed E-state index contributed by atoms with van der Waals surface area (Å²) in [5.41, 5.74) is 7.01. The summed E-state index contributed by atoms with van der Waals surface area (Å²) in [4.78, 5) is 27.5. The second kappa shape index (κ2) is 8.07. The Morgan fingerprint density at radius 2 is 2.10 bits per heavy atom. The molecular weight excluding hydrogens is 386 g/mol. The zero-order chi connectivity index (χ0) is 21.6. The molecule has 8 nitrogen and oxygen atoms in total. The predicted octanol–water partition coefficient (Wildman–Crippen LogP) is 1.30. The highest BCUT2D eigenvalue weighted by Gasteiger charge is 2.46. The number of nitrogens with zero attached hydrogens (tertiary/aromatic N) is 1. The summed E-state index contributed by atoms with van der Waals surface area (Å²) < 4.78 is 11.7. The van der Waals surface area contributed by atoms with E-state index in [0.29, 0.717) is 49.3 Å². The number of phenols is 1. The summed E-state index contributed by atoms with van der Waals surface area (Å²) in [6.45, 7) is 7.57. The van der Waals surface area contributed by atoms with Gasteiger partial charge in [0.25, 0.3) is 5.91 Å². The fraction of sp³-hybridized carbons (Fsp3) is 0.636. The minimum Gasteiger partial charge on any atom is -0.506 e. The van der Waals surface area contributed by atoms with Gasteiger partial charge in [-0.05, 0) is 42.9 Å². The molecule has 0 spiro atoms. The van der Waals surface area contributed by atoms with Crippen molar-refractivity contribution in [2.75, 3.05) is 32.0 Å². The van der Waals surface area contributed by atoms with Gasteiger partial charge in [0.15, 0.2) is 0 Å². The predicted molar refractivity (Wildman–Crippen MR) is 111 cm³/mol. The van der Waals surface area contributed by atoms with E-state index in [0.717, 1.165) is 6.42 Å². The lowest BCUT2D eigenvalue weighted by Gasteiger charge is -2.41. The van der Waals surface area contributed by atoms with E-state index >= 15 is 0 Å². The van der Waals surface area contributed by atoms with Crippen molar-refractivity contribution in [1.82, 2.24) is 10.2 Å². The number of morpholine rings is 1. The summed E-state index contributed by atoms with van der Waals surface area (Å²) in [6.07, 6.45) is 0.428. The van der Waals surface area contributed by atoms with Crippen LogP contribution in [0.3, 0.4) is 0 Å². The molecule has 0 radical (unpaired) electrons. The largest absolute Gasteiger partial charge is 0.506 e. The molecule has 4 rings (SSSR count). The minimum absolute atomic E-state index is 0.00373. The van der Waals surface area contributed by atoms with Crippen LogP contribution >= 0.6 is 0 Å². The van der Waals surface area contributed by atoms with E-state index in [9.17, 15) is 14.7 Å². The van der Waals surface area contributed by atoms with Crippen molar-refractivity contribution in [2.45, 2.75) is 45.4 Å². The first-order valence-corrected chi connectivity index (χ1v) is 10.7. The number of phenolic OH excluding ortho intramolecular Hbond substituents is 1. The van der Waals surface area contributed by atoms with Gasteiger partial charge in [0.05, 0.1) is 31.0 Å². The number of fused-ring (bicyclic) bond motifs is 1. The number of aromatic hydroxyl groups is 1. The number of carbonyl (C=O) groups is 2. The number of hydrogen-bond acceptors (Lipinski definition) is 6. The summed E-state index contributed by atoms with van der Waals surface area (Å²) in [7, 11) is 0. The lowest BCUT2D eigenvalue weighted by molar-refractivity contribution is -0.125. The van der Waals surface area contributed by atoms with Gasteiger partial charge >= 0.3 is 0 Å². The van der Waals surface area contributed by atoms with Crippen LogP contribution in [-0.4, -0.2) is 66.4 Å². The molecule has 8 heteroatoms. The highest BCUT2D eigenvalue weighted by atomic mass is 16.6. The van der Waals surface area contributed by atoms with Crippen LogP contribution in [0.25, 0.3) is 0 Å². The Hall–Kier alpha value is -2.32. The average Bonchev–Trinajstić information content (AvgIpc) is 3.39. The number of nitrogens with two attached hydrogens (primary N) is 1. The Morgan fingerprint density at radius 3 is 2.77 bits per heavy atom. The number of carbonyl (C=O) groups excluding carboxylic acids is 2. The van der Waals surface area contributed by atoms with Gasteiger partial charge in [-0.3, -0.25) is 9.59 Å². The van der Waals surface area contributed by atoms with Crippen LogP contribution in [0.5, 0.6) is 5.75 Å². The first-order chi connectivity index (χ1) is 14.3. The van der Waals surface area contributed by atoms with E-state index in [2.05, 4.69) is 19.2 Å². The molecule has 30 heavy (non-hydrogen) atoms. The first-order valence-electron chi connectivity index (χ1n) is 10.7. The van der Waals surface area contributed by atoms with Crippen LogP contribution < -0.4 is 11.1 Å².